The molecule has 0 fully saturated rings. The van der Waals surface area contributed by atoms with Gasteiger partial charge in [-0.15, -0.1) is 0 Å². The smallest absolute Gasteiger partial charge is 0.0623 e. The van der Waals surface area contributed by atoms with Gasteiger partial charge < -0.3 is 5.73 Å². The molecule has 0 radical (unpaired) electrons. The Bertz CT molecular complexity index is 233. The summed E-state index contributed by atoms with van der Waals surface area (Å²) in [6.07, 6.45) is 0.937. The average Bonchev–Trinajstić information content (AvgIpc) is 1.88. The van der Waals surface area contributed by atoms with Crippen LogP contribution in [0.4, 0.5) is 5.69 Å². The van der Waals surface area contributed by atoms with Crippen LogP contribution in [0.15, 0.2) is 24.2 Å². The summed E-state index contributed by atoms with van der Waals surface area (Å²) in [6, 6.07) is 5.82. The number of hydrogen-bond donors (Lipinski definition) is 1. The quantitative estimate of drug-likeness (QED) is 0.565. The van der Waals surface area contributed by atoms with Crippen molar-refractivity contribution >= 4 is 5.69 Å². The van der Waals surface area contributed by atoms with Crippen LogP contribution in [0.5, 0.6) is 0 Å². The number of nitrogen functional groups attached to an aromatic ring is 1. The predicted molar refractivity (Wildman–Crippen MR) is 40.2 cm³/mol. The summed E-state index contributed by atoms with van der Waals surface area (Å²) >= 11 is 0. The van der Waals surface area contributed by atoms with Gasteiger partial charge in [0.1, 0.15) is 0 Å². The lowest BCUT2D eigenvalue weighted by molar-refractivity contribution is 1.14. The summed E-state index contributed by atoms with van der Waals surface area (Å²) in [5, 5.41) is 0. The molecule has 1 heteroatoms. The van der Waals surface area contributed by atoms with Crippen LogP contribution in [0.2, 0.25) is 0 Å². The number of hydrogen-bond acceptors (Lipinski definition) is 1. The van der Waals surface area contributed by atoms with E-state index >= 15 is 0 Å². The fourth-order valence-corrected chi connectivity index (χ4v) is 0.797. The Morgan fingerprint density at radius 3 is 3.00 bits per heavy atom. The van der Waals surface area contributed by atoms with Gasteiger partial charge in [-0.25, -0.2) is 0 Å². The maximum Gasteiger partial charge on any atom is 0.0623 e. The van der Waals surface area contributed by atoms with Crippen LogP contribution in [-0.4, -0.2) is 0 Å². The zero-order chi connectivity index (χ0) is 7.56. The highest BCUT2D eigenvalue weighted by molar-refractivity contribution is 5.46. The van der Waals surface area contributed by atoms with Crippen LogP contribution in [0.3, 0.4) is 0 Å². The van der Waals surface area contributed by atoms with Crippen molar-refractivity contribution in [2.75, 3.05) is 5.73 Å². The van der Waals surface area contributed by atoms with Crippen molar-refractivity contribution in [3.05, 3.63) is 29.8 Å². The number of aryl methyl sites for hydroxylation is 1. The van der Waals surface area contributed by atoms with E-state index in [4.69, 9.17) is 7.10 Å². The summed E-state index contributed by atoms with van der Waals surface area (Å²) in [5.41, 5.74) is 7.46. The summed E-state index contributed by atoms with van der Waals surface area (Å²) in [5.74, 6) is 0. The molecule has 1 rings (SSSR count). The van der Waals surface area contributed by atoms with Crippen molar-refractivity contribution in [1.29, 1.82) is 0 Å². The van der Waals surface area contributed by atoms with Gasteiger partial charge in [0, 0.05) is 5.69 Å². The Morgan fingerprint density at radius 1 is 1.67 bits per heavy atom. The molecule has 0 bridgehead atoms. The van der Waals surface area contributed by atoms with E-state index in [2.05, 4.69) is 6.92 Å². The van der Waals surface area contributed by atoms with E-state index in [-0.39, 0.29) is 0 Å². The van der Waals surface area contributed by atoms with Gasteiger partial charge in [0.25, 0.3) is 0 Å². The van der Waals surface area contributed by atoms with Gasteiger partial charge in [-0.3, -0.25) is 0 Å². The maximum absolute atomic E-state index is 7.23. The second-order valence-corrected chi connectivity index (χ2v) is 1.98. The van der Waals surface area contributed by atoms with Crippen LogP contribution in [0.25, 0.3) is 0 Å². The zero-order valence-corrected chi connectivity index (χ0v) is 5.52. The molecule has 48 valence electrons. The monoisotopic (exact) mass is 122 g/mol. The number of benzene rings is 1. The highest BCUT2D eigenvalue weighted by Gasteiger charge is 1.90. The van der Waals surface area contributed by atoms with E-state index in [1.165, 1.54) is 0 Å². The van der Waals surface area contributed by atoms with Crippen molar-refractivity contribution in [2.45, 2.75) is 13.3 Å². The molecule has 0 spiro atoms. The molecule has 0 saturated carbocycles. The normalized spacial score (nSPS) is 11.0. The average molecular weight is 122 g/mol. The minimum absolute atomic E-state index is 0.481. The molecule has 0 aromatic heterocycles. The molecular formula is C8H11N. The third-order valence-electron chi connectivity index (χ3n) is 1.37. The Kier molecular flexibility index (Phi) is 1.37. The van der Waals surface area contributed by atoms with Gasteiger partial charge in [-0.05, 0) is 18.1 Å². The maximum atomic E-state index is 7.23. The minimum Gasteiger partial charge on any atom is -0.399 e. The molecule has 0 aliphatic rings. The first-order chi connectivity index (χ1) is 4.74. The van der Waals surface area contributed by atoms with Crippen LogP contribution in [-0.2, 0) is 6.42 Å². The SMILES string of the molecule is [2H]c1ccc(CC)c(N)c1. The first-order valence-electron chi connectivity index (χ1n) is 3.59. The third-order valence-corrected chi connectivity index (χ3v) is 1.37. The molecule has 9 heavy (non-hydrogen) atoms. The van der Waals surface area contributed by atoms with Crippen molar-refractivity contribution in [1.82, 2.24) is 0 Å². The number of anilines is 1. The Hall–Kier alpha value is -0.980. The largest absolute Gasteiger partial charge is 0.399 e. The predicted octanol–water partition coefficient (Wildman–Crippen LogP) is 1.83. The van der Waals surface area contributed by atoms with Crippen LogP contribution < -0.4 is 5.73 Å². The number of para-hydroxylation sites is 1. The van der Waals surface area contributed by atoms with Gasteiger partial charge in [-0.1, -0.05) is 25.1 Å². The van der Waals surface area contributed by atoms with Crippen molar-refractivity contribution in [2.24, 2.45) is 0 Å². The van der Waals surface area contributed by atoms with E-state index in [0.29, 0.717) is 6.04 Å². The summed E-state index contributed by atoms with van der Waals surface area (Å²) in [7, 11) is 0. The Morgan fingerprint density at radius 2 is 2.44 bits per heavy atom. The third kappa shape index (κ3) is 1.22. The van der Waals surface area contributed by atoms with Crippen molar-refractivity contribution in [3.8, 4) is 0 Å². The summed E-state index contributed by atoms with van der Waals surface area (Å²) < 4.78 is 7.23. The second kappa shape index (κ2) is 2.53. The molecular weight excluding hydrogens is 110 g/mol. The van der Waals surface area contributed by atoms with Crippen molar-refractivity contribution in [3.63, 3.8) is 0 Å². The lowest BCUT2D eigenvalue weighted by Gasteiger charge is -1.98. The van der Waals surface area contributed by atoms with E-state index < -0.39 is 0 Å². The standard InChI is InChI=1S/C8H11N/c1-2-7-5-3-4-6-8(7)9/h3-6H,2,9H2,1H3/i4D. The molecule has 0 unspecified atom stereocenters. The Balaban J connectivity index is 3.07. The number of rotatable bonds is 1. The van der Waals surface area contributed by atoms with Crippen molar-refractivity contribution < 1.29 is 1.37 Å². The Labute approximate surface area is 56.9 Å². The van der Waals surface area contributed by atoms with Crippen LogP contribution >= 0.6 is 0 Å². The molecule has 0 saturated heterocycles. The highest BCUT2D eigenvalue weighted by atomic mass is 14.5. The topological polar surface area (TPSA) is 26.0 Å². The summed E-state index contributed by atoms with van der Waals surface area (Å²) in [4.78, 5) is 0. The second-order valence-electron chi connectivity index (χ2n) is 1.98. The molecule has 0 aliphatic heterocycles. The van der Waals surface area contributed by atoms with Gasteiger partial charge in [0.15, 0.2) is 0 Å². The molecule has 0 atom stereocenters. The zero-order valence-electron chi connectivity index (χ0n) is 6.52. The molecule has 0 amide bonds. The highest BCUT2D eigenvalue weighted by Crippen LogP contribution is 2.09. The lowest BCUT2D eigenvalue weighted by Crippen LogP contribution is -1.90. The summed E-state index contributed by atoms with van der Waals surface area (Å²) in [6.45, 7) is 2.05. The minimum atomic E-state index is 0.481. The molecule has 0 heterocycles. The first-order valence-corrected chi connectivity index (χ1v) is 3.09. The molecule has 0 aliphatic carbocycles. The van der Waals surface area contributed by atoms with Gasteiger partial charge in [0.05, 0.1) is 1.37 Å². The first kappa shape index (κ1) is 4.86. The van der Waals surface area contributed by atoms with E-state index in [0.717, 1.165) is 17.7 Å². The van der Waals surface area contributed by atoms with Gasteiger partial charge in [-0.2, -0.15) is 0 Å². The van der Waals surface area contributed by atoms with Gasteiger partial charge >= 0.3 is 0 Å². The van der Waals surface area contributed by atoms with E-state index in [1.807, 2.05) is 6.07 Å². The van der Waals surface area contributed by atoms with E-state index in [1.54, 1.807) is 12.1 Å². The molecule has 1 aromatic carbocycles. The van der Waals surface area contributed by atoms with E-state index in [9.17, 15) is 0 Å². The fourth-order valence-electron chi connectivity index (χ4n) is 0.797. The fraction of sp³-hybridized carbons (Fsp3) is 0.250. The van der Waals surface area contributed by atoms with Gasteiger partial charge in [0.2, 0.25) is 0 Å². The molecule has 1 aromatic rings. The molecule has 2 N–H and O–H groups in total. The van der Waals surface area contributed by atoms with Crippen LogP contribution in [0, 0.1) is 0 Å². The number of nitrogens with two attached hydrogens (primary N) is 1. The lowest BCUT2D eigenvalue weighted by atomic mass is 10.1. The molecule has 1 nitrogen and oxygen atoms in total. The van der Waals surface area contributed by atoms with Crippen LogP contribution in [0.1, 0.15) is 13.9 Å².